The number of benzene rings is 2. The molecule has 2 aromatic carbocycles. The molecule has 0 aromatic heterocycles. The zero-order valence-electron chi connectivity index (χ0n) is 12.3. The van der Waals surface area contributed by atoms with Crippen LogP contribution in [0, 0.1) is 12.7 Å². The van der Waals surface area contributed by atoms with Gasteiger partial charge in [-0.25, -0.2) is 4.39 Å². The van der Waals surface area contributed by atoms with Gasteiger partial charge in [-0.1, -0.05) is 12.1 Å². The van der Waals surface area contributed by atoms with Crippen LogP contribution in [0.2, 0.25) is 0 Å². The van der Waals surface area contributed by atoms with Gasteiger partial charge in [0.15, 0.2) is 11.5 Å². The molecule has 1 unspecified atom stereocenters. The molecule has 0 aliphatic heterocycles. The fraction of sp³-hybridized carbons (Fsp3) is 0.294. The van der Waals surface area contributed by atoms with Crippen LogP contribution in [0.3, 0.4) is 0 Å². The molecule has 2 aromatic rings. The minimum Gasteiger partial charge on any atom is -0.493 e. The van der Waals surface area contributed by atoms with E-state index in [1.807, 2.05) is 25.1 Å². The number of alkyl halides is 1. The summed E-state index contributed by atoms with van der Waals surface area (Å²) in [6, 6.07) is 10.4. The molecule has 0 saturated carbocycles. The quantitative estimate of drug-likeness (QED) is 0.747. The van der Waals surface area contributed by atoms with Crippen LogP contribution in [-0.4, -0.2) is 14.2 Å². The predicted molar refractivity (Wildman–Crippen MR) is 83.0 cm³/mol. The monoisotopic (exact) mass is 308 g/mol. The first-order valence-corrected chi connectivity index (χ1v) is 7.09. The van der Waals surface area contributed by atoms with Gasteiger partial charge >= 0.3 is 0 Å². The van der Waals surface area contributed by atoms with Crippen molar-refractivity contribution in [3.63, 3.8) is 0 Å². The molecule has 21 heavy (non-hydrogen) atoms. The molecule has 1 atom stereocenters. The van der Waals surface area contributed by atoms with Crippen molar-refractivity contribution < 1.29 is 13.9 Å². The van der Waals surface area contributed by atoms with Crippen LogP contribution in [0.25, 0.3) is 0 Å². The standard InChI is InChI=1S/C17H18ClFO2/c1-11-4-6-13(19)10-14(11)15(18)8-12-5-7-16(20-2)17(9-12)21-3/h4-7,9-10,15H,8H2,1-3H3. The average molecular weight is 309 g/mol. The van der Waals surface area contributed by atoms with Crippen molar-refractivity contribution in [1.82, 2.24) is 0 Å². The highest BCUT2D eigenvalue weighted by molar-refractivity contribution is 6.21. The molecule has 0 aliphatic rings. The summed E-state index contributed by atoms with van der Waals surface area (Å²) in [5.74, 6) is 1.07. The van der Waals surface area contributed by atoms with E-state index in [9.17, 15) is 4.39 Å². The number of aryl methyl sites for hydroxylation is 1. The largest absolute Gasteiger partial charge is 0.493 e. The van der Waals surface area contributed by atoms with Gasteiger partial charge in [0, 0.05) is 0 Å². The smallest absolute Gasteiger partial charge is 0.160 e. The highest BCUT2D eigenvalue weighted by Gasteiger charge is 2.14. The molecule has 0 bridgehead atoms. The van der Waals surface area contributed by atoms with Gasteiger partial charge in [0.25, 0.3) is 0 Å². The minimum absolute atomic E-state index is 0.270. The summed E-state index contributed by atoms with van der Waals surface area (Å²) >= 11 is 6.45. The van der Waals surface area contributed by atoms with Crippen LogP contribution in [0.15, 0.2) is 36.4 Å². The first kappa shape index (κ1) is 15.6. The van der Waals surface area contributed by atoms with Gasteiger partial charge in [-0.3, -0.25) is 0 Å². The van der Waals surface area contributed by atoms with Gasteiger partial charge in [0.1, 0.15) is 5.82 Å². The van der Waals surface area contributed by atoms with Gasteiger partial charge in [-0.2, -0.15) is 0 Å². The van der Waals surface area contributed by atoms with Gasteiger partial charge in [-0.15, -0.1) is 11.6 Å². The van der Waals surface area contributed by atoms with E-state index in [0.29, 0.717) is 17.9 Å². The maximum absolute atomic E-state index is 13.4. The minimum atomic E-state index is -0.293. The average Bonchev–Trinajstić information content (AvgIpc) is 2.49. The highest BCUT2D eigenvalue weighted by Crippen LogP contribution is 2.32. The van der Waals surface area contributed by atoms with E-state index in [1.54, 1.807) is 20.3 Å². The normalized spacial score (nSPS) is 12.0. The first-order chi connectivity index (χ1) is 10.0. The number of hydrogen-bond acceptors (Lipinski definition) is 2. The van der Waals surface area contributed by atoms with Gasteiger partial charge in [0.05, 0.1) is 19.6 Å². The van der Waals surface area contributed by atoms with Crippen molar-refractivity contribution in [2.45, 2.75) is 18.7 Å². The number of ether oxygens (including phenoxy) is 2. The molecule has 0 saturated heterocycles. The van der Waals surface area contributed by atoms with Crippen molar-refractivity contribution >= 4 is 11.6 Å². The Morgan fingerprint density at radius 3 is 2.43 bits per heavy atom. The molecular formula is C17H18ClFO2. The Balaban J connectivity index is 2.23. The summed E-state index contributed by atoms with van der Waals surface area (Å²) in [5.41, 5.74) is 2.81. The summed E-state index contributed by atoms with van der Waals surface area (Å²) in [5, 5.41) is -0.293. The molecular weight excluding hydrogens is 291 g/mol. The van der Waals surface area contributed by atoms with E-state index in [2.05, 4.69) is 0 Å². The second-order valence-corrected chi connectivity index (χ2v) is 5.39. The van der Waals surface area contributed by atoms with Crippen LogP contribution in [0.4, 0.5) is 4.39 Å². The third kappa shape index (κ3) is 3.67. The van der Waals surface area contributed by atoms with Crippen molar-refractivity contribution in [2.75, 3.05) is 14.2 Å². The van der Waals surface area contributed by atoms with E-state index >= 15 is 0 Å². The SMILES string of the molecule is COc1ccc(CC(Cl)c2cc(F)ccc2C)cc1OC. The molecule has 0 aliphatic carbocycles. The van der Waals surface area contributed by atoms with Gasteiger partial charge in [0.2, 0.25) is 0 Å². The lowest BCUT2D eigenvalue weighted by Gasteiger charge is -2.14. The van der Waals surface area contributed by atoms with Crippen molar-refractivity contribution in [1.29, 1.82) is 0 Å². The lowest BCUT2D eigenvalue weighted by atomic mass is 9.99. The second-order valence-electron chi connectivity index (χ2n) is 4.86. The van der Waals surface area contributed by atoms with E-state index < -0.39 is 0 Å². The lowest BCUT2D eigenvalue weighted by Crippen LogP contribution is -2.00. The molecule has 2 nitrogen and oxygen atoms in total. The summed E-state index contributed by atoms with van der Waals surface area (Å²) < 4.78 is 23.9. The zero-order chi connectivity index (χ0) is 15.4. The molecule has 0 N–H and O–H groups in total. The summed E-state index contributed by atoms with van der Waals surface area (Å²) in [4.78, 5) is 0. The maximum Gasteiger partial charge on any atom is 0.160 e. The topological polar surface area (TPSA) is 18.5 Å². The van der Waals surface area contributed by atoms with Crippen LogP contribution in [0.5, 0.6) is 11.5 Å². The number of hydrogen-bond donors (Lipinski definition) is 0. The Morgan fingerprint density at radius 1 is 1.05 bits per heavy atom. The summed E-state index contributed by atoms with van der Waals surface area (Å²) in [7, 11) is 3.19. The van der Waals surface area contributed by atoms with Crippen molar-refractivity contribution in [3.8, 4) is 11.5 Å². The molecule has 0 heterocycles. The second kappa shape index (κ2) is 6.81. The van der Waals surface area contributed by atoms with E-state index in [1.165, 1.54) is 12.1 Å². The lowest BCUT2D eigenvalue weighted by molar-refractivity contribution is 0.354. The number of halogens is 2. The first-order valence-electron chi connectivity index (χ1n) is 6.66. The van der Waals surface area contributed by atoms with Crippen LogP contribution in [0.1, 0.15) is 22.1 Å². The fourth-order valence-electron chi connectivity index (χ4n) is 2.27. The molecule has 112 valence electrons. The number of methoxy groups -OCH3 is 2. The van der Waals surface area contributed by atoms with Crippen LogP contribution in [-0.2, 0) is 6.42 Å². The fourth-order valence-corrected chi connectivity index (χ4v) is 2.69. The Labute approximate surface area is 129 Å². The van der Waals surface area contributed by atoms with Crippen LogP contribution < -0.4 is 9.47 Å². The number of rotatable bonds is 5. The molecule has 0 amide bonds. The Bertz CT molecular complexity index is 628. The van der Waals surface area contributed by atoms with Gasteiger partial charge in [-0.05, 0) is 54.3 Å². The molecule has 0 fully saturated rings. The van der Waals surface area contributed by atoms with E-state index in [0.717, 1.165) is 16.7 Å². The molecule has 4 heteroatoms. The third-order valence-corrected chi connectivity index (χ3v) is 3.83. The maximum atomic E-state index is 13.4. The Kier molecular flexibility index (Phi) is 5.07. The Hall–Kier alpha value is -1.74. The molecule has 0 radical (unpaired) electrons. The molecule has 0 spiro atoms. The van der Waals surface area contributed by atoms with Crippen molar-refractivity contribution in [3.05, 3.63) is 58.9 Å². The van der Waals surface area contributed by atoms with E-state index in [4.69, 9.17) is 21.1 Å². The molecule has 2 rings (SSSR count). The highest BCUT2D eigenvalue weighted by atomic mass is 35.5. The summed E-state index contributed by atoms with van der Waals surface area (Å²) in [6.45, 7) is 1.93. The zero-order valence-corrected chi connectivity index (χ0v) is 13.1. The Morgan fingerprint density at radius 2 is 1.76 bits per heavy atom. The predicted octanol–water partition coefficient (Wildman–Crippen LogP) is 4.67. The summed E-state index contributed by atoms with van der Waals surface area (Å²) in [6.07, 6.45) is 0.589. The van der Waals surface area contributed by atoms with Crippen molar-refractivity contribution in [2.24, 2.45) is 0 Å². The third-order valence-electron chi connectivity index (χ3n) is 3.44. The van der Waals surface area contributed by atoms with Crippen LogP contribution >= 0.6 is 11.6 Å². The van der Waals surface area contributed by atoms with Gasteiger partial charge < -0.3 is 9.47 Å². The van der Waals surface area contributed by atoms with E-state index in [-0.39, 0.29) is 11.2 Å².